The first kappa shape index (κ1) is 9.98. The van der Waals surface area contributed by atoms with Crippen LogP contribution in [0.25, 0.3) is 0 Å². The van der Waals surface area contributed by atoms with Gasteiger partial charge in [-0.3, -0.25) is 4.79 Å². The number of H-pyrrole nitrogens is 1. The van der Waals surface area contributed by atoms with Crippen LogP contribution in [0.15, 0.2) is 10.5 Å². The molecular formula is C8H8BrNO3. The first-order valence-corrected chi connectivity index (χ1v) is 4.33. The van der Waals surface area contributed by atoms with E-state index in [9.17, 15) is 9.59 Å². The number of ketones is 1. The van der Waals surface area contributed by atoms with Crippen molar-refractivity contribution in [3.63, 3.8) is 0 Å². The van der Waals surface area contributed by atoms with Crippen molar-refractivity contribution in [1.82, 2.24) is 4.98 Å². The Morgan fingerprint density at radius 3 is 2.54 bits per heavy atom. The molecule has 0 aromatic carbocycles. The minimum Gasteiger partial charge on any atom is -0.464 e. The van der Waals surface area contributed by atoms with Crippen LogP contribution < -0.4 is 0 Å². The number of carbonyl (C=O) groups excluding carboxylic acids is 2. The SMILES string of the molecule is COC(=O)c1cc(Br)c(C(C)=O)[nH]1. The molecule has 0 aliphatic rings. The molecule has 4 nitrogen and oxygen atoms in total. The maximum Gasteiger partial charge on any atom is 0.354 e. The molecule has 0 atom stereocenters. The Hall–Kier alpha value is -1.10. The van der Waals surface area contributed by atoms with E-state index in [1.54, 1.807) is 0 Å². The molecule has 0 spiro atoms. The number of Topliss-reactive ketones (excluding diaryl/α,β-unsaturated/α-hetero) is 1. The Morgan fingerprint density at radius 2 is 2.15 bits per heavy atom. The summed E-state index contributed by atoms with van der Waals surface area (Å²) < 4.78 is 5.05. The molecule has 0 fully saturated rings. The number of hydrogen-bond acceptors (Lipinski definition) is 3. The van der Waals surface area contributed by atoms with Gasteiger partial charge < -0.3 is 9.72 Å². The maximum absolute atomic E-state index is 11.0. The third-order valence-corrected chi connectivity index (χ3v) is 2.15. The van der Waals surface area contributed by atoms with Gasteiger partial charge in [-0.15, -0.1) is 0 Å². The van der Waals surface area contributed by atoms with Gasteiger partial charge in [0.15, 0.2) is 5.78 Å². The molecule has 1 aromatic heterocycles. The molecule has 0 unspecified atom stereocenters. The Labute approximate surface area is 83.4 Å². The van der Waals surface area contributed by atoms with Gasteiger partial charge in [-0.1, -0.05) is 0 Å². The summed E-state index contributed by atoms with van der Waals surface area (Å²) in [7, 11) is 1.28. The van der Waals surface area contributed by atoms with Crippen molar-refractivity contribution < 1.29 is 14.3 Å². The molecule has 0 bridgehead atoms. The van der Waals surface area contributed by atoms with Crippen molar-refractivity contribution in [3.8, 4) is 0 Å². The minimum absolute atomic E-state index is 0.137. The smallest absolute Gasteiger partial charge is 0.354 e. The highest BCUT2D eigenvalue weighted by Gasteiger charge is 2.14. The van der Waals surface area contributed by atoms with E-state index in [0.29, 0.717) is 10.2 Å². The monoisotopic (exact) mass is 245 g/mol. The van der Waals surface area contributed by atoms with Crippen molar-refractivity contribution in [2.75, 3.05) is 7.11 Å². The highest BCUT2D eigenvalue weighted by molar-refractivity contribution is 9.10. The Bertz CT molecular complexity index is 356. The molecule has 5 heteroatoms. The lowest BCUT2D eigenvalue weighted by molar-refractivity contribution is 0.0595. The van der Waals surface area contributed by atoms with Crippen molar-refractivity contribution in [2.24, 2.45) is 0 Å². The molecule has 0 saturated heterocycles. The van der Waals surface area contributed by atoms with E-state index in [4.69, 9.17) is 0 Å². The zero-order chi connectivity index (χ0) is 10.0. The third kappa shape index (κ3) is 1.98. The quantitative estimate of drug-likeness (QED) is 0.639. The highest BCUT2D eigenvalue weighted by atomic mass is 79.9. The lowest BCUT2D eigenvalue weighted by Gasteiger charge is -1.93. The standard InChI is InChI=1S/C8H8BrNO3/c1-4(11)7-5(9)3-6(10-7)8(12)13-2/h3,10H,1-2H3. The average Bonchev–Trinajstić information content (AvgIpc) is 2.46. The van der Waals surface area contributed by atoms with Crippen LogP contribution in [0.5, 0.6) is 0 Å². The molecular weight excluding hydrogens is 238 g/mol. The second-order valence-electron chi connectivity index (χ2n) is 2.45. The summed E-state index contributed by atoms with van der Waals surface area (Å²) in [6.45, 7) is 1.41. The predicted octanol–water partition coefficient (Wildman–Crippen LogP) is 1.77. The van der Waals surface area contributed by atoms with E-state index < -0.39 is 5.97 Å². The van der Waals surface area contributed by atoms with E-state index in [2.05, 4.69) is 25.7 Å². The first-order valence-electron chi connectivity index (χ1n) is 3.54. The van der Waals surface area contributed by atoms with Crippen LogP contribution in [0.4, 0.5) is 0 Å². The van der Waals surface area contributed by atoms with E-state index >= 15 is 0 Å². The molecule has 13 heavy (non-hydrogen) atoms. The van der Waals surface area contributed by atoms with Gasteiger partial charge in [-0.05, 0) is 22.0 Å². The predicted molar refractivity (Wildman–Crippen MR) is 49.8 cm³/mol. The number of ether oxygens (including phenoxy) is 1. The number of hydrogen-bond donors (Lipinski definition) is 1. The van der Waals surface area contributed by atoms with Crippen molar-refractivity contribution in [3.05, 3.63) is 21.9 Å². The van der Waals surface area contributed by atoms with E-state index in [1.165, 1.54) is 20.1 Å². The molecule has 0 amide bonds. The molecule has 0 saturated carbocycles. The molecule has 1 aromatic rings. The fourth-order valence-corrected chi connectivity index (χ4v) is 1.51. The van der Waals surface area contributed by atoms with Gasteiger partial charge in [0, 0.05) is 11.4 Å². The molecule has 0 aliphatic heterocycles. The van der Waals surface area contributed by atoms with Crippen LogP contribution >= 0.6 is 15.9 Å². The van der Waals surface area contributed by atoms with Crippen molar-refractivity contribution >= 4 is 27.7 Å². The zero-order valence-corrected chi connectivity index (χ0v) is 8.77. The van der Waals surface area contributed by atoms with Gasteiger partial charge in [0.2, 0.25) is 0 Å². The largest absolute Gasteiger partial charge is 0.464 e. The summed E-state index contributed by atoms with van der Waals surface area (Å²) in [5.74, 6) is -0.629. The Kier molecular flexibility index (Phi) is 2.87. The topological polar surface area (TPSA) is 59.2 Å². The highest BCUT2D eigenvalue weighted by Crippen LogP contribution is 2.18. The van der Waals surface area contributed by atoms with E-state index in [0.717, 1.165) is 0 Å². The summed E-state index contributed by atoms with van der Waals surface area (Å²) in [4.78, 5) is 24.7. The van der Waals surface area contributed by atoms with E-state index in [1.807, 2.05) is 0 Å². The van der Waals surface area contributed by atoms with Crippen LogP contribution in [0.3, 0.4) is 0 Å². The van der Waals surface area contributed by atoms with E-state index in [-0.39, 0.29) is 11.5 Å². The van der Waals surface area contributed by atoms with Gasteiger partial charge in [0.25, 0.3) is 0 Å². The summed E-state index contributed by atoms with van der Waals surface area (Å²) in [6, 6.07) is 1.52. The maximum atomic E-state index is 11.0. The van der Waals surface area contributed by atoms with Crippen LogP contribution in [0.1, 0.15) is 27.9 Å². The number of halogens is 1. The fraction of sp³-hybridized carbons (Fsp3) is 0.250. The molecule has 1 rings (SSSR count). The number of esters is 1. The second-order valence-corrected chi connectivity index (χ2v) is 3.31. The van der Waals surface area contributed by atoms with Crippen molar-refractivity contribution in [2.45, 2.75) is 6.92 Å². The fourth-order valence-electron chi connectivity index (χ4n) is 0.905. The molecule has 1 heterocycles. The van der Waals surface area contributed by atoms with Gasteiger partial charge in [0.1, 0.15) is 5.69 Å². The summed E-state index contributed by atoms with van der Waals surface area (Å²) in [6.07, 6.45) is 0. The van der Waals surface area contributed by atoms with Gasteiger partial charge in [-0.2, -0.15) is 0 Å². The third-order valence-electron chi connectivity index (χ3n) is 1.53. The minimum atomic E-state index is -0.492. The lowest BCUT2D eigenvalue weighted by atomic mass is 10.3. The van der Waals surface area contributed by atoms with Crippen molar-refractivity contribution in [1.29, 1.82) is 0 Å². The van der Waals surface area contributed by atoms with Crippen LogP contribution in [0.2, 0.25) is 0 Å². The Balaban J connectivity index is 3.09. The summed E-state index contributed by atoms with van der Waals surface area (Å²) in [5, 5.41) is 0. The number of methoxy groups -OCH3 is 1. The average molecular weight is 246 g/mol. The summed E-state index contributed by atoms with van der Waals surface area (Å²) in [5.41, 5.74) is 0.639. The Morgan fingerprint density at radius 1 is 1.54 bits per heavy atom. The zero-order valence-electron chi connectivity index (χ0n) is 7.18. The number of aromatic amines is 1. The molecule has 0 aliphatic carbocycles. The second kappa shape index (κ2) is 3.74. The van der Waals surface area contributed by atoms with Crippen LogP contribution in [-0.2, 0) is 4.74 Å². The van der Waals surface area contributed by atoms with Gasteiger partial charge >= 0.3 is 5.97 Å². The number of nitrogens with one attached hydrogen (secondary N) is 1. The summed E-state index contributed by atoms with van der Waals surface area (Å²) >= 11 is 3.16. The van der Waals surface area contributed by atoms with Gasteiger partial charge in [-0.25, -0.2) is 4.79 Å². The normalized spacial score (nSPS) is 9.77. The lowest BCUT2D eigenvalue weighted by Crippen LogP contribution is -2.02. The number of aromatic nitrogens is 1. The number of rotatable bonds is 2. The van der Waals surface area contributed by atoms with Gasteiger partial charge in [0.05, 0.1) is 12.8 Å². The number of carbonyl (C=O) groups is 2. The van der Waals surface area contributed by atoms with Crippen LogP contribution in [-0.4, -0.2) is 23.8 Å². The van der Waals surface area contributed by atoms with Crippen LogP contribution in [0, 0.1) is 0 Å². The molecule has 0 radical (unpaired) electrons. The molecule has 1 N–H and O–H groups in total. The molecule has 70 valence electrons. The first-order chi connectivity index (χ1) is 6.06.